The highest BCUT2D eigenvalue weighted by atomic mass is 32.2. The van der Waals surface area contributed by atoms with Gasteiger partial charge < -0.3 is 9.64 Å². The van der Waals surface area contributed by atoms with E-state index in [1.165, 1.54) is 5.56 Å². The lowest BCUT2D eigenvalue weighted by Gasteiger charge is -2.20. The zero-order valence-corrected chi connectivity index (χ0v) is 14.6. The number of hydrogen-bond donors (Lipinski definition) is 0. The van der Waals surface area contributed by atoms with Crippen LogP contribution in [0.4, 0.5) is 0 Å². The molecule has 2 aromatic rings. The Labute approximate surface area is 148 Å². The van der Waals surface area contributed by atoms with Crippen LogP contribution >= 0.6 is 11.8 Å². The van der Waals surface area contributed by atoms with Crippen molar-refractivity contribution in [2.24, 2.45) is 0 Å². The first-order valence-electron chi connectivity index (χ1n) is 8.39. The quantitative estimate of drug-likeness (QED) is 0.826. The predicted octanol–water partition coefficient (Wildman–Crippen LogP) is 3.91. The summed E-state index contributed by atoms with van der Waals surface area (Å²) < 4.78 is 5.59. The molecule has 0 spiro atoms. The molecule has 1 heterocycles. The van der Waals surface area contributed by atoms with Gasteiger partial charge in [0.2, 0.25) is 5.91 Å². The van der Waals surface area contributed by atoms with Gasteiger partial charge in [-0.25, -0.2) is 0 Å². The molecule has 1 fully saturated rings. The Bertz CT molecular complexity index is 633. The molecule has 0 aliphatic carbocycles. The van der Waals surface area contributed by atoms with E-state index in [4.69, 9.17) is 4.74 Å². The van der Waals surface area contributed by atoms with E-state index in [-0.39, 0.29) is 12.5 Å². The largest absolute Gasteiger partial charge is 0.367 e. The Kier molecular flexibility index (Phi) is 6.33. The zero-order valence-electron chi connectivity index (χ0n) is 13.8. The smallest absolute Gasteiger partial charge is 0.248 e. The molecule has 1 unspecified atom stereocenters. The van der Waals surface area contributed by atoms with E-state index in [1.807, 2.05) is 53.1 Å². The first-order valence-corrected chi connectivity index (χ1v) is 9.44. The summed E-state index contributed by atoms with van der Waals surface area (Å²) in [6.07, 6.45) is 0.999. The highest BCUT2D eigenvalue weighted by Crippen LogP contribution is 2.34. The SMILES string of the molecule is O=C(COCc1ccccc1)N1CCSC(c2ccccc2)CC1. The minimum absolute atomic E-state index is 0.0974. The molecule has 0 N–H and O–H groups in total. The summed E-state index contributed by atoms with van der Waals surface area (Å²) in [4.78, 5) is 14.3. The van der Waals surface area contributed by atoms with Crippen molar-refractivity contribution in [2.45, 2.75) is 18.3 Å². The van der Waals surface area contributed by atoms with E-state index >= 15 is 0 Å². The third-order valence-corrected chi connectivity index (χ3v) is 5.53. The van der Waals surface area contributed by atoms with Crippen LogP contribution in [0.1, 0.15) is 22.8 Å². The third-order valence-electron chi connectivity index (χ3n) is 4.20. The lowest BCUT2D eigenvalue weighted by atomic mass is 10.1. The van der Waals surface area contributed by atoms with Crippen molar-refractivity contribution in [1.82, 2.24) is 4.90 Å². The number of hydrogen-bond acceptors (Lipinski definition) is 3. The third kappa shape index (κ3) is 4.86. The fraction of sp³-hybridized carbons (Fsp3) is 0.350. The lowest BCUT2D eigenvalue weighted by Crippen LogP contribution is -2.35. The van der Waals surface area contributed by atoms with Crippen LogP contribution in [-0.4, -0.2) is 36.3 Å². The van der Waals surface area contributed by atoms with Crippen molar-refractivity contribution < 1.29 is 9.53 Å². The Balaban J connectivity index is 1.46. The van der Waals surface area contributed by atoms with Gasteiger partial charge in [-0.1, -0.05) is 60.7 Å². The molecule has 1 amide bonds. The van der Waals surface area contributed by atoms with Gasteiger partial charge in [0.25, 0.3) is 0 Å². The number of carbonyl (C=O) groups is 1. The summed E-state index contributed by atoms with van der Waals surface area (Å²) in [6, 6.07) is 20.5. The van der Waals surface area contributed by atoms with Crippen molar-refractivity contribution in [3.8, 4) is 0 Å². The summed E-state index contributed by atoms with van der Waals surface area (Å²) >= 11 is 1.94. The standard InChI is InChI=1S/C20H23NO2S/c22-20(16-23-15-17-7-3-1-4-8-17)21-12-11-19(24-14-13-21)18-9-5-2-6-10-18/h1-10,19H,11-16H2. The topological polar surface area (TPSA) is 29.5 Å². The number of rotatable bonds is 5. The van der Waals surface area contributed by atoms with E-state index in [9.17, 15) is 4.79 Å². The molecule has 0 saturated carbocycles. The lowest BCUT2D eigenvalue weighted by molar-refractivity contribution is -0.136. The van der Waals surface area contributed by atoms with Crippen LogP contribution in [0.5, 0.6) is 0 Å². The van der Waals surface area contributed by atoms with Crippen LogP contribution < -0.4 is 0 Å². The minimum Gasteiger partial charge on any atom is -0.367 e. The molecule has 24 heavy (non-hydrogen) atoms. The second-order valence-electron chi connectivity index (χ2n) is 5.92. The number of amides is 1. The molecule has 1 aliphatic rings. The molecule has 1 saturated heterocycles. The number of ether oxygens (including phenoxy) is 1. The fourth-order valence-corrected chi connectivity index (χ4v) is 4.11. The van der Waals surface area contributed by atoms with E-state index < -0.39 is 0 Å². The predicted molar refractivity (Wildman–Crippen MR) is 98.9 cm³/mol. The number of nitrogens with zero attached hydrogens (tertiary/aromatic N) is 1. The van der Waals surface area contributed by atoms with Gasteiger partial charge in [0, 0.05) is 24.1 Å². The molecule has 3 nitrogen and oxygen atoms in total. The average molecular weight is 341 g/mol. The summed E-state index contributed by atoms with van der Waals surface area (Å²) in [5.74, 6) is 1.07. The van der Waals surface area contributed by atoms with Crippen LogP contribution in [0.15, 0.2) is 60.7 Å². The van der Waals surface area contributed by atoms with Gasteiger partial charge in [0.15, 0.2) is 0 Å². The second-order valence-corrected chi connectivity index (χ2v) is 7.23. The molecule has 0 bridgehead atoms. The van der Waals surface area contributed by atoms with Crippen molar-refractivity contribution in [2.75, 3.05) is 25.4 Å². The van der Waals surface area contributed by atoms with Gasteiger partial charge >= 0.3 is 0 Å². The highest BCUT2D eigenvalue weighted by molar-refractivity contribution is 7.99. The van der Waals surface area contributed by atoms with Gasteiger partial charge in [0.1, 0.15) is 6.61 Å². The van der Waals surface area contributed by atoms with Gasteiger partial charge in [-0.2, -0.15) is 11.8 Å². The number of thioether (sulfide) groups is 1. The zero-order chi connectivity index (χ0) is 16.6. The first-order chi connectivity index (χ1) is 11.8. The normalized spacial score (nSPS) is 18.2. The molecule has 126 valence electrons. The van der Waals surface area contributed by atoms with Crippen molar-refractivity contribution >= 4 is 17.7 Å². The first kappa shape index (κ1) is 17.1. The summed E-state index contributed by atoms with van der Waals surface area (Å²) in [7, 11) is 0. The van der Waals surface area contributed by atoms with Gasteiger partial charge in [0.05, 0.1) is 6.61 Å². The van der Waals surface area contributed by atoms with E-state index in [0.29, 0.717) is 11.9 Å². The summed E-state index contributed by atoms with van der Waals surface area (Å²) in [6.45, 7) is 2.26. The van der Waals surface area contributed by atoms with Gasteiger partial charge in [-0.15, -0.1) is 0 Å². The Morgan fingerprint density at radius 3 is 2.50 bits per heavy atom. The fourth-order valence-electron chi connectivity index (χ4n) is 2.88. The molecule has 2 aromatic carbocycles. The van der Waals surface area contributed by atoms with Crippen LogP contribution in [-0.2, 0) is 16.1 Å². The maximum Gasteiger partial charge on any atom is 0.248 e. The minimum atomic E-state index is 0.0974. The van der Waals surface area contributed by atoms with Crippen LogP contribution in [0.2, 0.25) is 0 Å². The van der Waals surface area contributed by atoms with E-state index in [0.717, 1.165) is 30.8 Å². The van der Waals surface area contributed by atoms with Crippen molar-refractivity contribution in [3.63, 3.8) is 0 Å². The molecular formula is C20H23NO2S. The summed E-state index contributed by atoms with van der Waals surface area (Å²) in [5, 5.41) is 0.481. The Morgan fingerprint density at radius 1 is 1.04 bits per heavy atom. The highest BCUT2D eigenvalue weighted by Gasteiger charge is 2.21. The molecule has 1 atom stereocenters. The van der Waals surface area contributed by atoms with E-state index in [1.54, 1.807) is 0 Å². The number of carbonyl (C=O) groups excluding carboxylic acids is 1. The maximum atomic E-state index is 12.4. The van der Waals surface area contributed by atoms with Crippen molar-refractivity contribution in [1.29, 1.82) is 0 Å². The van der Waals surface area contributed by atoms with Gasteiger partial charge in [-0.3, -0.25) is 4.79 Å². The summed E-state index contributed by atoms with van der Waals surface area (Å²) in [5.41, 5.74) is 2.46. The molecule has 3 rings (SSSR count). The molecule has 0 radical (unpaired) electrons. The van der Waals surface area contributed by atoms with Crippen molar-refractivity contribution in [3.05, 3.63) is 71.8 Å². The Hall–Kier alpha value is -1.78. The van der Waals surface area contributed by atoms with Crippen LogP contribution in [0.3, 0.4) is 0 Å². The monoisotopic (exact) mass is 341 g/mol. The maximum absolute atomic E-state index is 12.4. The molecule has 4 heteroatoms. The molecule has 1 aliphatic heterocycles. The number of benzene rings is 2. The average Bonchev–Trinajstić information content (AvgIpc) is 2.89. The second kappa shape index (κ2) is 8.90. The van der Waals surface area contributed by atoms with E-state index in [2.05, 4.69) is 24.3 Å². The molecular weight excluding hydrogens is 318 g/mol. The Morgan fingerprint density at radius 2 is 1.75 bits per heavy atom. The van der Waals surface area contributed by atoms with Gasteiger partial charge in [-0.05, 0) is 17.5 Å². The van der Waals surface area contributed by atoms with Crippen LogP contribution in [0, 0.1) is 0 Å². The van der Waals surface area contributed by atoms with Crippen LogP contribution in [0.25, 0.3) is 0 Å². The molecule has 0 aromatic heterocycles.